The van der Waals surface area contributed by atoms with Crippen molar-refractivity contribution in [1.29, 1.82) is 0 Å². The maximum atomic E-state index is 6.33. The monoisotopic (exact) mass is 457 g/mol. The van der Waals surface area contributed by atoms with E-state index < -0.39 is 8.07 Å². The highest BCUT2D eigenvalue weighted by Gasteiger charge is 2.23. The maximum Gasteiger partial charge on any atom is 0.148 e. The predicted octanol–water partition coefficient (Wildman–Crippen LogP) is 4.82. The quantitative estimate of drug-likeness (QED) is 0.376. The summed E-state index contributed by atoms with van der Waals surface area (Å²) in [5, 5.41) is 1.80. The smallest absolute Gasteiger partial charge is 0.148 e. The Morgan fingerprint density at radius 3 is 2.58 bits per heavy atom. The van der Waals surface area contributed by atoms with E-state index in [1.165, 1.54) is 0 Å². The van der Waals surface area contributed by atoms with E-state index in [1.54, 1.807) is 6.33 Å². The van der Waals surface area contributed by atoms with E-state index in [9.17, 15) is 0 Å². The minimum absolute atomic E-state index is 0.487. The van der Waals surface area contributed by atoms with Crippen LogP contribution in [0.5, 0.6) is 0 Å². The van der Waals surface area contributed by atoms with Crippen molar-refractivity contribution in [2.45, 2.75) is 32.4 Å². The first-order valence-corrected chi connectivity index (χ1v) is 15.0. The third-order valence-corrected chi connectivity index (χ3v) is 7.74. The van der Waals surface area contributed by atoms with E-state index in [0.29, 0.717) is 6.73 Å². The van der Waals surface area contributed by atoms with Crippen LogP contribution < -0.4 is 4.90 Å². The molecular weight excluding hydrogens is 426 g/mol. The second-order valence-electron chi connectivity index (χ2n) is 9.56. The normalized spacial score (nSPS) is 15.7. The topological polar surface area (TPSA) is 46.4 Å². The molecule has 0 radical (unpaired) electrons. The van der Waals surface area contributed by atoms with Gasteiger partial charge in [-0.1, -0.05) is 43.4 Å². The lowest BCUT2D eigenvalue weighted by Gasteiger charge is -2.33. The van der Waals surface area contributed by atoms with Crippen LogP contribution in [-0.2, 0) is 11.5 Å². The van der Waals surface area contributed by atoms with Gasteiger partial charge in [-0.15, -0.1) is 0 Å². The fourth-order valence-corrected chi connectivity index (χ4v) is 4.83. The van der Waals surface area contributed by atoms with Crippen LogP contribution in [0.4, 0.5) is 5.82 Å². The molecule has 3 heterocycles. The van der Waals surface area contributed by atoms with Crippen molar-refractivity contribution in [2.24, 2.45) is 0 Å². The molecule has 1 fully saturated rings. The molecule has 0 atom stereocenters. The number of hydrogen-bond acceptors (Lipinski definition) is 5. The van der Waals surface area contributed by atoms with Crippen molar-refractivity contribution < 1.29 is 4.74 Å². The van der Waals surface area contributed by atoms with Gasteiger partial charge in [-0.05, 0) is 30.8 Å². The van der Waals surface area contributed by atoms with Crippen molar-refractivity contribution >= 4 is 36.5 Å². The Labute approximate surface area is 190 Å². The molecule has 0 aliphatic carbocycles. The highest BCUT2D eigenvalue weighted by Crippen LogP contribution is 2.36. The van der Waals surface area contributed by atoms with Crippen LogP contribution in [0, 0.1) is 0 Å². The van der Waals surface area contributed by atoms with E-state index in [2.05, 4.69) is 58.3 Å². The largest absolute Gasteiger partial charge is 0.361 e. The average Bonchev–Trinajstić information content (AvgIpc) is 3.10. The average molecular weight is 458 g/mol. The van der Waals surface area contributed by atoms with Gasteiger partial charge in [0.2, 0.25) is 0 Å². The fraction of sp³-hybridized carbons (Fsp3) is 0.478. The van der Waals surface area contributed by atoms with Gasteiger partial charge >= 0.3 is 0 Å². The summed E-state index contributed by atoms with van der Waals surface area (Å²) in [6.45, 7) is 12.3. The van der Waals surface area contributed by atoms with Crippen LogP contribution in [0.1, 0.15) is 0 Å². The van der Waals surface area contributed by atoms with Crippen molar-refractivity contribution in [1.82, 2.24) is 19.4 Å². The molecule has 1 saturated heterocycles. The van der Waals surface area contributed by atoms with Gasteiger partial charge in [-0.3, -0.25) is 0 Å². The third kappa shape index (κ3) is 5.29. The van der Waals surface area contributed by atoms with Gasteiger partial charge < -0.3 is 19.1 Å². The number of piperazine rings is 1. The summed E-state index contributed by atoms with van der Waals surface area (Å²) in [5.41, 5.74) is 3.08. The van der Waals surface area contributed by atoms with Crippen LogP contribution in [0.2, 0.25) is 30.7 Å². The van der Waals surface area contributed by atoms with Gasteiger partial charge in [0.05, 0.1) is 5.39 Å². The Bertz CT molecular complexity index is 1040. The molecule has 8 heteroatoms. The number of aromatic nitrogens is 3. The molecule has 1 aliphatic heterocycles. The second kappa shape index (κ2) is 9.28. The Hall–Kier alpha value is -1.93. The number of benzene rings is 1. The molecule has 0 unspecified atom stereocenters. The first-order chi connectivity index (χ1) is 14.8. The van der Waals surface area contributed by atoms with Gasteiger partial charge in [-0.2, -0.15) is 0 Å². The summed E-state index contributed by atoms with van der Waals surface area (Å²) in [4.78, 5) is 14.1. The van der Waals surface area contributed by atoms with Crippen LogP contribution in [0.3, 0.4) is 0 Å². The number of fused-ring (bicyclic) bond motifs is 1. The van der Waals surface area contributed by atoms with E-state index in [4.69, 9.17) is 21.3 Å². The number of likely N-dealkylation sites (N-methyl/N-ethyl adjacent to an activating group) is 1. The van der Waals surface area contributed by atoms with E-state index in [-0.39, 0.29) is 0 Å². The minimum atomic E-state index is -1.13. The lowest BCUT2D eigenvalue weighted by molar-refractivity contribution is 0.0899. The van der Waals surface area contributed by atoms with Gasteiger partial charge in [0.15, 0.2) is 0 Å². The summed E-state index contributed by atoms with van der Waals surface area (Å²) in [6, 6.07) is 9.15. The zero-order chi connectivity index (χ0) is 22.0. The molecule has 166 valence electrons. The zero-order valence-electron chi connectivity index (χ0n) is 18.9. The van der Waals surface area contributed by atoms with Crippen LogP contribution in [0.25, 0.3) is 22.2 Å². The van der Waals surface area contributed by atoms with Crippen LogP contribution in [-0.4, -0.2) is 67.3 Å². The van der Waals surface area contributed by atoms with E-state index in [1.807, 2.05) is 18.2 Å². The summed E-state index contributed by atoms with van der Waals surface area (Å²) < 4.78 is 8.18. The molecule has 0 spiro atoms. The van der Waals surface area contributed by atoms with Crippen molar-refractivity contribution in [2.75, 3.05) is 44.7 Å². The number of halogens is 1. The number of anilines is 1. The summed E-state index contributed by atoms with van der Waals surface area (Å²) in [7, 11) is 1.04. The Balaban J connectivity index is 1.73. The lowest BCUT2D eigenvalue weighted by atomic mass is 10.1. The van der Waals surface area contributed by atoms with Gasteiger partial charge in [0.1, 0.15) is 24.5 Å². The lowest BCUT2D eigenvalue weighted by Crippen LogP contribution is -2.44. The van der Waals surface area contributed by atoms with Gasteiger partial charge in [0, 0.05) is 57.6 Å². The maximum absolute atomic E-state index is 6.33. The predicted molar refractivity (Wildman–Crippen MR) is 132 cm³/mol. The molecule has 1 aromatic carbocycles. The fourth-order valence-electron chi connectivity index (χ4n) is 3.88. The second-order valence-corrected chi connectivity index (χ2v) is 15.6. The molecule has 6 nitrogen and oxygen atoms in total. The molecule has 1 aliphatic rings. The Kier molecular flexibility index (Phi) is 6.67. The SMILES string of the molecule is CN1CCN(c2ncnc3c2c(-c2cccc(Cl)c2)cn3COCC[Si](C)(C)C)CC1. The van der Waals surface area contributed by atoms with E-state index >= 15 is 0 Å². The molecule has 31 heavy (non-hydrogen) atoms. The first-order valence-electron chi connectivity index (χ1n) is 10.9. The Morgan fingerprint density at radius 2 is 1.87 bits per heavy atom. The highest BCUT2D eigenvalue weighted by molar-refractivity contribution is 6.76. The molecule has 0 N–H and O–H groups in total. The molecule has 2 aromatic heterocycles. The molecular formula is C23H32ClN5OSi. The number of ether oxygens (including phenoxy) is 1. The third-order valence-electron chi connectivity index (χ3n) is 5.80. The number of hydrogen-bond donors (Lipinski definition) is 0. The highest BCUT2D eigenvalue weighted by atomic mass is 35.5. The standard InChI is InChI=1S/C23H32ClN5OSi/c1-27-8-10-28(11-9-27)22-21-20(18-6-5-7-19(24)14-18)15-29(23(21)26-16-25-22)17-30-12-13-31(2,3)4/h5-7,14-16H,8-13,17H2,1-4H3. The van der Waals surface area contributed by atoms with E-state index in [0.717, 1.165) is 71.8 Å². The minimum Gasteiger partial charge on any atom is -0.361 e. The molecule has 4 rings (SSSR count). The molecule has 0 saturated carbocycles. The molecule has 0 bridgehead atoms. The van der Waals surface area contributed by atoms with Gasteiger partial charge in [0.25, 0.3) is 0 Å². The number of nitrogens with zero attached hydrogens (tertiary/aromatic N) is 5. The van der Waals surface area contributed by atoms with Crippen molar-refractivity contribution in [3.05, 3.63) is 41.8 Å². The van der Waals surface area contributed by atoms with Crippen LogP contribution in [0.15, 0.2) is 36.8 Å². The van der Waals surface area contributed by atoms with Crippen LogP contribution >= 0.6 is 11.6 Å². The summed E-state index contributed by atoms with van der Waals surface area (Å²) >= 11 is 6.33. The Morgan fingerprint density at radius 1 is 1.10 bits per heavy atom. The summed E-state index contributed by atoms with van der Waals surface area (Å²) in [5.74, 6) is 0.994. The van der Waals surface area contributed by atoms with Crippen molar-refractivity contribution in [3.63, 3.8) is 0 Å². The first kappa shape index (κ1) is 22.3. The van der Waals surface area contributed by atoms with Crippen molar-refractivity contribution in [3.8, 4) is 11.1 Å². The zero-order valence-corrected chi connectivity index (χ0v) is 20.7. The summed E-state index contributed by atoms with van der Waals surface area (Å²) in [6.07, 6.45) is 3.81. The molecule has 0 amide bonds. The van der Waals surface area contributed by atoms with Gasteiger partial charge in [-0.25, -0.2) is 9.97 Å². The number of rotatable bonds is 7. The molecule has 3 aromatic rings.